The van der Waals surface area contributed by atoms with Crippen molar-refractivity contribution in [3.63, 3.8) is 0 Å². The number of anilines is 1. The minimum Gasteiger partial charge on any atom is -0.494 e. The summed E-state index contributed by atoms with van der Waals surface area (Å²) in [6.07, 6.45) is -4.61. The highest BCUT2D eigenvalue weighted by molar-refractivity contribution is 5.57. The van der Waals surface area contributed by atoms with Gasteiger partial charge in [0.05, 0.1) is 18.4 Å². The van der Waals surface area contributed by atoms with E-state index in [9.17, 15) is 17.6 Å². The molecule has 0 saturated heterocycles. The Bertz CT molecular complexity index is 656. The van der Waals surface area contributed by atoms with Crippen molar-refractivity contribution in [1.29, 1.82) is 0 Å². The number of benzene rings is 2. The molecule has 21 heavy (non-hydrogen) atoms. The third-order valence-corrected chi connectivity index (χ3v) is 2.70. The second kappa shape index (κ2) is 5.51. The van der Waals surface area contributed by atoms with Crippen LogP contribution in [0.4, 0.5) is 23.2 Å². The maximum atomic E-state index is 13.7. The first-order chi connectivity index (χ1) is 9.82. The van der Waals surface area contributed by atoms with Crippen LogP contribution in [0.25, 0.3) is 0 Å². The number of methoxy groups -OCH3 is 1. The summed E-state index contributed by atoms with van der Waals surface area (Å²) in [5.74, 6) is -1.69. The molecule has 0 aromatic heterocycles. The van der Waals surface area contributed by atoms with E-state index in [4.69, 9.17) is 15.2 Å². The van der Waals surface area contributed by atoms with Crippen molar-refractivity contribution in [3.8, 4) is 17.2 Å². The van der Waals surface area contributed by atoms with Gasteiger partial charge >= 0.3 is 6.18 Å². The van der Waals surface area contributed by atoms with E-state index in [0.717, 1.165) is 24.3 Å². The molecule has 0 amide bonds. The minimum absolute atomic E-state index is 0.0199. The van der Waals surface area contributed by atoms with E-state index in [1.54, 1.807) is 0 Å². The van der Waals surface area contributed by atoms with Gasteiger partial charge in [-0.15, -0.1) is 0 Å². The standard InChI is InChI=1S/C14H11F4NO2/c1-20-13-7-12(9(15)6-10(13)19)21-11-5-3-2-4-8(11)14(16,17)18/h2-7H,19H2,1H3. The molecule has 2 rings (SSSR count). The van der Waals surface area contributed by atoms with E-state index < -0.39 is 29.1 Å². The van der Waals surface area contributed by atoms with Gasteiger partial charge in [0.2, 0.25) is 0 Å². The van der Waals surface area contributed by atoms with E-state index in [1.165, 1.54) is 19.2 Å². The van der Waals surface area contributed by atoms with Crippen molar-refractivity contribution in [2.75, 3.05) is 12.8 Å². The smallest absolute Gasteiger partial charge is 0.419 e. The Hall–Kier alpha value is -2.44. The first-order valence-corrected chi connectivity index (χ1v) is 5.80. The van der Waals surface area contributed by atoms with Crippen molar-refractivity contribution in [3.05, 3.63) is 47.8 Å². The van der Waals surface area contributed by atoms with E-state index in [-0.39, 0.29) is 11.4 Å². The van der Waals surface area contributed by atoms with Crippen molar-refractivity contribution in [1.82, 2.24) is 0 Å². The van der Waals surface area contributed by atoms with Crippen LogP contribution in [0.15, 0.2) is 36.4 Å². The molecule has 2 aromatic rings. The zero-order valence-electron chi connectivity index (χ0n) is 10.9. The molecule has 0 radical (unpaired) electrons. The molecular formula is C14H11F4NO2. The van der Waals surface area contributed by atoms with E-state index in [1.807, 2.05) is 0 Å². The predicted molar refractivity (Wildman–Crippen MR) is 68.9 cm³/mol. The van der Waals surface area contributed by atoms with Gasteiger partial charge in [0, 0.05) is 12.1 Å². The van der Waals surface area contributed by atoms with Gasteiger partial charge < -0.3 is 15.2 Å². The average Bonchev–Trinajstić information content (AvgIpc) is 2.41. The van der Waals surface area contributed by atoms with E-state index in [2.05, 4.69) is 0 Å². The second-order valence-electron chi connectivity index (χ2n) is 4.12. The van der Waals surface area contributed by atoms with Crippen LogP contribution in [-0.4, -0.2) is 7.11 Å². The SMILES string of the molecule is COc1cc(Oc2ccccc2C(F)(F)F)c(F)cc1N. The summed E-state index contributed by atoms with van der Waals surface area (Å²) in [5, 5.41) is 0. The van der Waals surface area contributed by atoms with Crippen LogP contribution in [-0.2, 0) is 6.18 Å². The number of alkyl halides is 3. The van der Waals surface area contributed by atoms with Crippen LogP contribution in [0.5, 0.6) is 17.2 Å². The summed E-state index contributed by atoms with van der Waals surface area (Å²) in [6.45, 7) is 0. The fraction of sp³-hybridized carbons (Fsp3) is 0.143. The first kappa shape index (κ1) is 15.0. The Morgan fingerprint density at radius 3 is 2.29 bits per heavy atom. The van der Waals surface area contributed by atoms with Gasteiger partial charge in [-0.05, 0) is 12.1 Å². The Labute approximate surface area is 117 Å². The fourth-order valence-electron chi connectivity index (χ4n) is 1.71. The van der Waals surface area contributed by atoms with Crippen LogP contribution in [0, 0.1) is 5.82 Å². The number of nitrogen functional groups attached to an aromatic ring is 1. The number of hydrogen-bond acceptors (Lipinski definition) is 3. The lowest BCUT2D eigenvalue weighted by Gasteiger charge is -2.15. The lowest BCUT2D eigenvalue weighted by atomic mass is 10.2. The van der Waals surface area contributed by atoms with E-state index >= 15 is 0 Å². The molecule has 0 aliphatic rings. The van der Waals surface area contributed by atoms with Gasteiger partial charge in [-0.3, -0.25) is 0 Å². The quantitative estimate of drug-likeness (QED) is 0.681. The maximum Gasteiger partial charge on any atom is 0.419 e. The van der Waals surface area contributed by atoms with Crippen LogP contribution >= 0.6 is 0 Å². The molecule has 3 nitrogen and oxygen atoms in total. The summed E-state index contributed by atoms with van der Waals surface area (Å²) in [5.41, 5.74) is 4.51. The lowest BCUT2D eigenvalue weighted by Crippen LogP contribution is -2.07. The third-order valence-electron chi connectivity index (χ3n) is 2.70. The molecule has 7 heteroatoms. The van der Waals surface area contributed by atoms with Crippen LogP contribution in [0.1, 0.15) is 5.56 Å². The summed E-state index contributed by atoms with van der Waals surface area (Å²) < 4.78 is 62.2. The van der Waals surface area contributed by atoms with Gasteiger partial charge in [0.25, 0.3) is 0 Å². The summed E-state index contributed by atoms with van der Waals surface area (Å²) in [4.78, 5) is 0. The van der Waals surface area contributed by atoms with Crippen LogP contribution in [0.2, 0.25) is 0 Å². The Morgan fingerprint density at radius 2 is 1.67 bits per heavy atom. The van der Waals surface area contributed by atoms with Crippen molar-refractivity contribution in [2.45, 2.75) is 6.18 Å². The maximum absolute atomic E-state index is 13.7. The van der Waals surface area contributed by atoms with Crippen molar-refractivity contribution in [2.24, 2.45) is 0 Å². The molecule has 0 heterocycles. The van der Waals surface area contributed by atoms with Crippen molar-refractivity contribution >= 4 is 5.69 Å². The Balaban J connectivity index is 2.44. The Morgan fingerprint density at radius 1 is 1.00 bits per heavy atom. The largest absolute Gasteiger partial charge is 0.494 e. The van der Waals surface area contributed by atoms with Gasteiger partial charge in [-0.1, -0.05) is 12.1 Å². The van der Waals surface area contributed by atoms with Gasteiger partial charge in [0.1, 0.15) is 11.5 Å². The monoisotopic (exact) mass is 301 g/mol. The third kappa shape index (κ3) is 3.18. The number of para-hydroxylation sites is 1. The summed E-state index contributed by atoms with van der Waals surface area (Å²) in [6, 6.07) is 6.54. The predicted octanol–water partition coefficient (Wildman–Crippen LogP) is 4.23. The molecule has 0 saturated carbocycles. The molecule has 0 atom stereocenters. The topological polar surface area (TPSA) is 44.5 Å². The molecule has 2 N–H and O–H groups in total. The molecule has 2 aromatic carbocycles. The van der Waals surface area contributed by atoms with Crippen LogP contribution in [0.3, 0.4) is 0 Å². The highest BCUT2D eigenvalue weighted by Gasteiger charge is 2.34. The number of nitrogens with two attached hydrogens (primary N) is 1. The minimum atomic E-state index is -4.61. The average molecular weight is 301 g/mol. The summed E-state index contributed by atoms with van der Waals surface area (Å²) in [7, 11) is 1.30. The molecule has 0 fully saturated rings. The van der Waals surface area contributed by atoms with Crippen molar-refractivity contribution < 1.29 is 27.0 Å². The van der Waals surface area contributed by atoms with Gasteiger partial charge in [-0.2, -0.15) is 13.2 Å². The highest BCUT2D eigenvalue weighted by Crippen LogP contribution is 2.39. The fourth-order valence-corrected chi connectivity index (χ4v) is 1.71. The summed E-state index contributed by atoms with van der Waals surface area (Å²) >= 11 is 0. The highest BCUT2D eigenvalue weighted by atomic mass is 19.4. The van der Waals surface area contributed by atoms with Gasteiger partial charge in [-0.25, -0.2) is 4.39 Å². The number of halogens is 4. The zero-order valence-corrected chi connectivity index (χ0v) is 10.9. The zero-order chi connectivity index (χ0) is 15.6. The number of ether oxygens (including phenoxy) is 2. The number of rotatable bonds is 3. The Kier molecular flexibility index (Phi) is 3.93. The molecule has 0 aliphatic heterocycles. The first-order valence-electron chi connectivity index (χ1n) is 5.80. The van der Waals surface area contributed by atoms with Crippen LogP contribution < -0.4 is 15.2 Å². The lowest BCUT2D eigenvalue weighted by molar-refractivity contribution is -0.138. The number of hydrogen-bond donors (Lipinski definition) is 1. The molecule has 0 bridgehead atoms. The second-order valence-corrected chi connectivity index (χ2v) is 4.12. The molecule has 0 aliphatic carbocycles. The molecular weight excluding hydrogens is 290 g/mol. The normalized spacial score (nSPS) is 11.3. The molecule has 0 unspecified atom stereocenters. The van der Waals surface area contributed by atoms with E-state index in [0.29, 0.717) is 0 Å². The van der Waals surface area contributed by atoms with Gasteiger partial charge in [0.15, 0.2) is 11.6 Å². The molecule has 0 spiro atoms. The molecule has 112 valence electrons.